The standard InChI is InChI=1S/C12H11Br2N3O3S/c1-20-10-5-8(14)9(15)6-11(10)21(18,19)17-12-7(13)3-2-4-16-12/h2-6H,15H2,1H3,(H,16,17). The molecule has 9 heteroatoms. The SMILES string of the molecule is COc1cc(Br)c(N)cc1S(=O)(=O)Nc1ncccc1Br. The number of hydrogen-bond donors (Lipinski definition) is 2. The quantitative estimate of drug-likeness (QED) is 0.718. The molecule has 0 aliphatic heterocycles. The lowest BCUT2D eigenvalue weighted by Crippen LogP contribution is -2.15. The molecular weight excluding hydrogens is 426 g/mol. The molecule has 0 spiro atoms. The van der Waals surface area contributed by atoms with Gasteiger partial charge in [-0.25, -0.2) is 13.4 Å². The maximum atomic E-state index is 12.5. The number of ether oxygens (including phenoxy) is 1. The minimum absolute atomic E-state index is 0.0664. The van der Waals surface area contributed by atoms with E-state index in [2.05, 4.69) is 41.6 Å². The number of halogens is 2. The number of hydrogen-bond acceptors (Lipinski definition) is 5. The van der Waals surface area contributed by atoms with Crippen LogP contribution < -0.4 is 15.2 Å². The first-order valence-corrected chi connectivity index (χ1v) is 8.68. The molecule has 3 N–H and O–H groups in total. The lowest BCUT2D eigenvalue weighted by atomic mass is 10.3. The average molecular weight is 437 g/mol. The number of nitrogens with zero attached hydrogens (tertiary/aromatic N) is 1. The highest BCUT2D eigenvalue weighted by atomic mass is 79.9. The van der Waals surface area contributed by atoms with Crippen molar-refractivity contribution in [2.75, 3.05) is 17.6 Å². The van der Waals surface area contributed by atoms with Gasteiger partial charge in [0.2, 0.25) is 0 Å². The largest absolute Gasteiger partial charge is 0.495 e. The Labute approximate surface area is 139 Å². The molecule has 21 heavy (non-hydrogen) atoms. The molecule has 2 rings (SSSR count). The number of methoxy groups -OCH3 is 1. The average Bonchev–Trinajstić information content (AvgIpc) is 2.43. The lowest BCUT2D eigenvalue weighted by Gasteiger charge is -2.13. The van der Waals surface area contributed by atoms with Gasteiger partial charge in [-0.2, -0.15) is 0 Å². The van der Waals surface area contributed by atoms with Crippen LogP contribution in [0.3, 0.4) is 0 Å². The van der Waals surface area contributed by atoms with Crippen molar-refractivity contribution in [2.24, 2.45) is 0 Å². The van der Waals surface area contributed by atoms with Gasteiger partial charge in [-0.1, -0.05) is 0 Å². The van der Waals surface area contributed by atoms with Crippen molar-refractivity contribution >= 4 is 53.4 Å². The van der Waals surface area contributed by atoms with E-state index >= 15 is 0 Å². The minimum atomic E-state index is -3.89. The van der Waals surface area contributed by atoms with Gasteiger partial charge in [0.1, 0.15) is 10.6 Å². The van der Waals surface area contributed by atoms with Crippen molar-refractivity contribution in [3.63, 3.8) is 0 Å². The molecule has 0 fully saturated rings. The smallest absolute Gasteiger partial charge is 0.266 e. The molecule has 0 saturated carbocycles. The predicted molar refractivity (Wildman–Crippen MR) is 87.9 cm³/mol. The van der Waals surface area contributed by atoms with Crippen LogP contribution in [0.15, 0.2) is 44.3 Å². The lowest BCUT2D eigenvalue weighted by molar-refractivity contribution is 0.402. The summed E-state index contributed by atoms with van der Waals surface area (Å²) < 4.78 is 33.5. The summed E-state index contributed by atoms with van der Waals surface area (Å²) in [4.78, 5) is 3.90. The van der Waals surface area contributed by atoms with Gasteiger partial charge in [0.05, 0.1) is 11.6 Å². The van der Waals surface area contributed by atoms with Crippen LogP contribution in [-0.4, -0.2) is 20.5 Å². The van der Waals surface area contributed by atoms with Crippen molar-refractivity contribution in [1.82, 2.24) is 4.98 Å². The monoisotopic (exact) mass is 435 g/mol. The highest BCUT2D eigenvalue weighted by molar-refractivity contribution is 9.11. The summed E-state index contributed by atoms with van der Waals surface area (Å²) in [6, 6.07) is 6.18. The summed E-state index contributed by atoms with van der Waals surface area (Å²) >= 11 is 6.46. The molecule has 0 atom stereocenters. The second kappa shape index (κ2) is 6.20. The van der Waals surface area contributed by atoms with Gasteiger partial charge in [-0.3, -0.25) is 4.72 Å². The first-order chi connectivity index (χ1) is 9.85. The Hall–Kier alpha value is -1.32. The molecule has 0 unspecified atom stereocenters. The van der Waals surface area contributed by atoms with Crippen molar-refractivity contribution in [2.45, 2.75) is 4.90 Å². The van der Waals surface area contributed by atoms with Crippen molar-refractivity contribution in [3.8, 4) is 5.75 Å². The molecular formula is C12H11Br2N3O3S. The van der Waals surface area contributed by atoms with Crippen molar-refractivity contribution in [1.29, 1.82) is 0 Å². The topological polar surface area (TPSA) is 94.3 Å². The summed E-state index contributed by atoms with van der Waals surface area (Å²) in [7, 11) is -2.50. The van der Waals surface area contributed by atoms with Crippen LogP contribution in [0.1, 0.15) is 0 Å². The Kier molecular flexibility index (Phi) is 4.74. The molecule has 0 radical (unpaired) electrons. The van der Waals surface area contributed by atoms with E-state index in [1.165, 1.54) is 25.4 Å². The van der Waals surface area contributed by atoms with Crippen LogP contribution >= 0.6 is 31.9 Å². The molecule has 0 aliphatic carbocycles. The molecule has 1 heterocycles. The first kappa shape index (κ1) is 16.1. The van der Waals surface area contributed by atoms with Crippen LogP contribution in [0.25, 0.3) is 0 Å². The number of rotatable bonds is 4. The number of nitrogens with one attached hydrogen (secondary N) is 1. The number of nitrogens with two attached hydrogens (primary N) is 1. The normalized spacial score (nSPS) is 11.2. The number of aromatic nitrogens is 1. The molecule has 6 nitrogen and oxygen atoms in total. The van der Waals surface area contributed by atoms with E-state index in [1.54, 1.807) is 12.1 Å². The van der Waals surface area contributed by atoms with Gasteiger partial charge in [0, 0.05) is 16.4 Å². The molecule has 2 aromatic rings. The minimum Gasteiger partial charge on any atom is -0.495 e. The highest BCUT2D eigenvalue weighted by Crippen LogP contribution is 2.33. The molecule has 112 valence electrons. The number of sulfonamides is 1. The first-order valence-electron chi connectivity index (χ1n) is 5.61. The van der Waals surface area contributed by atoms with E-state index in [4.69, 9.17) is 10.5 Å². The van der Waals surface area contributed by atoms with Gasteiger partial charge < -0.3 is 10.5 Å². The fraction of sp³-hybridized carbons (Fsp3) is 0.0833. The fourth-order valence-corrected chi connectivity index (χ4v) is 3.59. The summed E-state index contributed by atoms with van der Waals surface area (Å²) in [5, 5.41) is 0. The molecule has 1 aromatic heterocycles. The number of benzene rings is 1. The van der Waals surface area contributed by atoms with E-state index in [1.807, 2.05) is 0 Å². The second-order valence-electron chi connectivity index (χ2n) is 3.96. The van der Waals surface area contributed by atoms with Crippen LogP contribution in [-0.2, 0) is 10.0 Å². The second-order valence-corrected chi connectivity index (χ2v) is 7.32. The van der Waals surface area contributed by atoms with Crippen LogP contribution in [0.2, 0.25) is 0 Å². The summed E-state index contributed by atoms with van der Waals surface area (Å²) in [6.07, 6.45) is 1.48. The van der Waals surface area contributed by atoms with E-state index in [-0.39, 0.29) is 22.2 Å². The van der Waals surface area contributed by atoms with E-state index < -0.39 is 10.0 Å². The Morgan fingerprint density at radius 3 is 2.62 bits per heavy atom. The third kappa shape index (κ3) is 3.47. The third-order valence-corrected chi connectivity index (χ3v) is 5.25. The van der Waals surface area contributed by atoms with Crippen LogP contribution in [0.5, 0.6) is 5.75 Å². The number of anilines is 2. The Morgan fingerprint density at radius 2 is 2.00 bits per heavy atom. The zero-order valence-corrected chi connectivity index (χ0v) is 14.8. The van der Waals surface area contributed by atoms with Gasteiger partial charge in [0.15, 0.2) is 5.82 Å². The Morgan fingerprint density at radius 1 is 1.29 bits per heavy atom. The van der Waals surface area contributed by atoms with Crippen LogP contribution in [0.4, 0.5) is 11.5 Å². The summed E-state index contributed by atoms with van der Waals surface area (Å²) in [5.74, 6) is 0.358. The Bertz CT molecular complexity index is 781. The molecule has 1 aromatic carbocycles. The van der Waals surface area contributed by atoms with Gasteiger partial charge in [0.25, 0.3) is 10.0 Å². The van der Waals surface area contributed by atoms with Gasteiger partial charge in [-0.15, -0.1) is 0 Å². The van der Waals surface area contributed by atoms with E-state index in [0.29, 0.717) is 8.95 Å². The zero-order chi connectivity index (χ0) is 15.6. The fourth-order valence-electron chi connectivity index (χ4n) is 1.56. The van der Waals surface area contributed by atoms with E-state index in [0.717, 1.165) is 0 Å². The number of nitrogen functional groups attached to an aromatic ring is 1. The zero-order valence-electron chi connectivity index (χ0n) is 10.8. The molecule has 0 aliphatic rings. The third-order valence-electron chi connectivity index (χ3n) is 2.56. The maximum Gasteiger partial charge on any atom is 0.266 e. The highest BCUT2D eigenvalue weighted by Gasteiger charge is 2.22. The van der Waals surface area contributed by atoms with Crippen molar-refractivity contribution < 1.29 is 13.2 Å². The molecule has 0 saturated heterocycles. The summed E-state index contributed by atoms with van der Waals surface area (Å²) in [6.45, 7) is 0. The van der Waals surface area contributed by atoms with E-state index in [9.17, 15) is 8.42 Å². The Balaban J connectivity index is 2.50. The molecule has 0 amide bonds. The van der Waals surface area contributed by atoms with Gasteiger partial charge >= 0.3 is 0 Å². The predicted octanol–water partition coefficient (Wildman–Crippen LogP) is 3.00. The molecule has 0 bridgehead atoms. The number of pyridine rings is 1. The maximum absolute atomic E-state index is 12.5. The summed E-state index contributed by atoms with van der Waals surface area (Å²) in [5.41, 5.74) is 6.03. The van der Waals surface area contributed by atoms with Gasteiger partial charge in [-0.05, 0) is 56.1 Å². The van der Waals surface area contributed by atoms with Crippen molar-refractivity contribution in [3.05, 3.63) is 39.4 Å². The van der Waals surface area contributed by atoms with Crippen LogP contribution in [0, 0.1) is 0 Å².